The van der Waals surface area contributed by atoms with Gasteiger partial charge in [0.25, 0.3) is 0 Å². The van der Waals surface area contributed by atoms with Gasteiger partial charge in [-0.2, -0.15) is 0 Å². The van der Waals surface area contributed by atoms with Crippen molar-refractivity contribution in [3.8, 4) is 0 Å². The largest absolute Gasteiger partial charge is 0.461 e. The summed E-state index contributed by atoms with van der Waals surface area (Å²) in [5.41, 5.74) is 3.23. The molecule has 86 heavy (non-hydrogen) atoms. The number of esters is 9. The first kappa shape index (κ1) is 68.2. The number of rotatable bonds is 28. The average molecular weight is 1200 g/mol. The van der Waals surface area contributed by atoms with Crippen LogP contribution in [0.2, 0.25) is 0 Å². The number of benzene rings is 4. The number of ether oxygens (including phenoxy) is 12. The fourth-order valence-electron chi connectivity index (χ4n) is 7.89. The maximum absolute atomic E-state index is 13.9. The summed E-state index contributed by atoms with van der Waals surface area (Å²) < 4.78 is 64.1. The Morgan fingerprint density at radius 3 is 0.581 bits per heavy atom. The van der Waals surface area contributed by atoms with E-state index in [1.807, 2.05) is 0 Å². The molecule has 4 aromatic carbocycles. The van der Waals surface area contributed by atoms with Crippen LogP contribution in [0.1, 0.15) is 129 Å². The zero-order valence-electron chi connectivity index (χ0n) is 48.9. The minimum Gasteiger partial charge on any atom is -0.461 e. The second-order valence-corrected chi connectivity index (χ2v) is 18.5. The quantitative estimate of drug-likeness (QED) is 0.0315. The second kappa shape index (κ2) is 33.7. The minimum absolute atomic E-state index is 0.0169. The molecule has 0 heterocycles. The molecule has 0 unspecified atom stereocenters. The van der Waals surface area contributed by atoms with Gasteiger partial charge in [-0.3, -0.25) is 59.1 Å². The van der Waals surface area contributed by atoms with Gasteiger partial charge in [0.1, 0.15) is 79.3 Å². The normalized spacial score (nSPS) is 10.4. The van der Waals surface area contributed by atoms with Crippen LogP contribution < -0.4 is 21.3 Å². The Balaban J connectivity index is 1.79. The van der Waals surface area contributed by atoms with Crippen LogP contribution in [0.3, 0.4) is 0 Å². The Bertz CT molecular complexity index is 2960. The van der Waals surface area contributed by atoms with Crippen LogP contribution in [0, 0.1) is 0 Å². The van der Waals surface area contributed by atoms with E-state index in [1.165, 1.54) is 76.3 Å². The van der Waals surface area contributed by atoms with Gasteiger partial charge in [0, 0.05) is 120 Å². The third kappa shape index (κ3) is 23.9. The summed E-state index contributed by atoms with van der Waals surface area (Å²) in [4.78, 5) is 148. The third-order valence-corrected chi connectivity index (χ3v) is 11.4. The molecule has 4 N–H and O–H groups in total. The van der Waals surface area contributed by atoms with Crippen molar-refractivity contribution in [2.45, 2.75) is 142 Å². The van der Waals surface area contributed by atoms with E-state index in [4.69, 9.17) is 56.8 Å². The molecule has 3 amide bonds. The fraction of sp³-hybridized carbons (Fsp3) is 0.379. The van der Waals surface area contributed by atoms with E-state index >= 15 is 0 Å². The number of hydrogen-bond acceptors (Lipinski definition) is 25. The van der Waals surface area contributed by atoms with E-state index in [9.17, 15) is 57.5 Å². The van der Waals surface area contributed by atoms with Crippen molar-refractivity contribution in [1.29, 1.82) is 0 Å². The van der Waals surface area contributed by atoms with Crippen LogP contribution in [0.25, 0.3) is 0 Å². The highest BCUT2D eigenvalue weighted by molar-refractivity contribution is 5.89. The SMILES string of the molecule is CNc1c(COC(=O)Nc2c(COC(C)=O)cc(COC(C)=O)cc2COC(C)=O)cc(COC(=O)Nc2c(COC(C)=O)cc(COC(C)=O)cc2COC(C)=O)cc1COC(=O)Nc1c(COC(C)=O)cc(COC(C)=O)cc1COC(C)=O. The number of amides is 3. The predicted molar refractivity (Wildman–Crippen MR) is 296 cm³/mol. The zero-order valence-corrected chi connectivity index (χ0v) is 48.9. The Labute approximate surface area is 493 Å². The standard InChI is InChI=1S/C58H66N4O24/c1-31(63)75-19-40-13-46(23-78-34(4)66)53(47(14-40)24-79-35(5)67)60-56(72)84-22-43-11-44(29-85-57(73)61-54-48(25-80-36(6)68)15-41(20-76-32(2)64)16-49(54)26-81-37(7)69)52(59-10)45(12-43)30-86-58(74)62-55-50(27-82-38(8)70)17-42(21-77-33(3)65)18-51(55)28-83-39(9)71/h11-18,59H,19-30H2,1-10H3,(H,60,72)(H,61,73)(H,62,74). The summed E-state index contributed by atoms with van der Waals surface area (Å²) in [6.07, 6.45) is -3.27. The van der Waals surface area contributed by atoms with E-state index in [0.29, 0.717) is 16.7 Å². The first-order valence-electron chi connectivity index (χ1n) is 26.0. The van der Waals surface area contributed by atoms with Gasteiger partial charge >= 0.3 is 72.0 Å². The highest BCUT2D eigenvalue weighted by Crippen LogP contribution is 2.32. The summed E-state index contributed by atoms with van der Waals surface area (Å²) in [6.45, 7) is 5.84. The fourth-order valence-corrected chi connectivity index (χ4v) is 7.89. The van der Waals surface area contributed by atoms with Crippen molar-refractivity contribution >= 4 is 94.8 Å². The molecule has 0 saturated heterocycles. The molecule has 28 nitrogen and oxygen atoms in total. The second-order valence-electron chi connectivity index (χ2n) is 18.5. The highest BCUT2D eigenvalue weighted by atomic mass is 16.6. The van der Waals surface area contributed by atoms with Crippen molar-refractivity contribution in [2.24, 2.45) is 0 Å². The molecule has 4 aromatic rings. The lowest BCUT2D eigenvalue weighted by Gasteiger charge is -2.20. The molecule has 462 valence electrons. The maximum Gasteiger partial charge on any atom is 0.411 e. The Hall–Kier alpha value is -10.3. The lowest BCUT2D eigenvalue weighted by Crippen LogP contribution is -2.20. The smallest absolute Gasteiger partial charge is 0.411 e. The maximum atomic E-state index is 13.9. The van der Waals surface area contributed by atoms with Crippen molar-refractivity contribution < 1.29 is 114 Å². The van der Waals surface area contributed by atoms with Crippen LogP contribution in [0.5, 0.6) is 0 Å². The molecule has 4 rings (SSSR count). The van der Waals surface area contributed by atoms with Crippen LogP contribution in [-0.4, -0.2) is 79.1 Å². The van der Waals surface area contributed by atoms with Crippen LogP contribution in [0.4, 0.5) is 37.1 Å². The molecule has 0 aromatic heterocycles. The minimum atomic E-state index is -1.09. The van der Waals surface area contributed by atoms with E-state index < -0.39 is 131 Å². The summed E-state index contributed by atoms with van der Waals surface area (Å²) in [5, 5.41) is 10.8. The van der Waals surface area contributed by atoms with Gasteiger partial charge in [0.2, 0.25) is 0 Å². The monoisotopic (exact) mass is 1200 g/mol. The summed E-state index contributed by atoms with van der Waals surface area (Å²) in [5.74, 6) is -5.87. The molecule has 28 heteroatoms. The van der Waals surface area contributed by atoms with E-state index in [-0.39, 0.29) is 92.6 Å². The topological polar surface area (TPSA) is 364 Å². The molecule has 0 radical (unpaired) electrons. The van der Waals surface area contributed by atoms with Gasteiger partial charge in [0.05, 0.1) is 17.1 Å². The first-order valence-corrected chi connectivity index (χ1v) is 26.0. The van der Waals surface area contributed by atoms with E-state index in [2.05, 4.69) is 21.3 Å². The molecule has 0 spiro atoms. The van der Waals surface area contributed by atoms with Crippen molar-refractivity contribution in [3.05, 3.63) is 115 Å². The van der Waals surface area contributed by atoms with Crippen molar-refractivity contribution in [1.82, 2.24) is 0 Å². The number of nitrogens with one attached hydrogen (secondary N) is 4. The van der Waals surface area contributed by atoms with Crippen molar-refractivity contribution in [3.63, 3.8) is 0 Å². The lowest BCUT2D eigenvalue weighted by molar-refractivity contribution is -0.143. The molecule has 0 saturated carbocycles. The number of carbonyl (C=O) groups excluding carboxylic acids is 12. The Kier molecular flexibility index (Phi) is 26.8. The van der Waals surface area contributed by atoms with Gasteiger partial charge in [-0.15, -0.1) is 0 Å². The van der Waals surface area contributed by atoms with Crippen LogP contribution in [-0.2, 0) is 179 Å². The van der Waals surface area contributed by atoms with Crippen LogP contribution >= 0.6 is 0 Å². The predicted octanol–water partition coefficient (Wildman–Crippen LogP) is 7.54. The summed E-state index contributed by atoms with van der Waals surface area (Å²) in [7, 11) is 1.50. The zero-order chi connectivity index (χ0) is 63.6. The molecule has 0 atom stereocenters. The van der Waals surface area contributed by atoms with Gasteiger partial charge in [-0.1, -0.05) is 0 Å². The van der Waals surface area contributed by atoms with Gasteiger partial charge < -0.3 is 62.2 Å². The highest BCUT2D eigenvalue weighted by Gasteiger charge is 2.23. The summed E-state index contributed by atoms with van der Waals surface area (Å²) in [6, 6.07) is 11.9. The van der Waals surface area contributed by atoms with E-state index in [0.717, 1.165) is 41.5 Å². The van der Waals surface area contributed by atoms with Gasteiger partial charge in [-0.05, 0) is 70.8 Å². The number of hydrogen-bond donors (Lipinski definition) is 4. The molecular formula is C58H66N4O24. The average Bonchev–Trinajstić information content (AvgIpc) is 3.65. The van der Waals surface area contributed by atoms with Crippen molar-refractivity contribution in [2.75, 3.05) is 28.3 Å². The lowest BCUT2D eigenvalue weighted by atomic mass is 10.0. The number of anilines is 4. The summed E-state index contributed by atoms with van der Waals surface area (Å²) >= 11 is 0. The Morgan fingerprint density at radius 1 is 0.244 bits per heavy atom. The molecule has 0 aliphatic heterocycles. The van der Waals surface area contributed by atoms with Gasteiger partial charge in [-0.25, -0.2) is 14.4 Å². The Morgan fingerprint density at radius 2 is 0.395 bits per heavy atom. The molecule has 0 fully saturated rings. The number of carbonyl (C=O) groups is 12. The van der Waals surface area contributed by atoms with Gasteiger partial charge in [0.15, 0.2) is 0 Å². The van der Waals surface area contributed by atoms with E-state index in [1.54, 1.807) is 0 Å². The first-order chi connectivity index (χ1) is 40.7. The molecule has 0 aliphatic carbocycles. The molecular weight excluding hydrogens is 1140 g/mol. The molecule has 0 bridgehead atoms. The molecule has 0 aliphatic rings. The van der Waals surface area contributed by atoms with Crippen LogP contribution in [0.15, 0.2) is 48.5 Å². The third-order valence-electron chi connectivity index (χ3n) is 11.4.